The second kappa shape index (κ2) is 5.31. The zero-order chi connectivity index (χ0) is 13.3. The lowest BCUT2D eigenvalue weighted by atomic mass is 10.0. The van der Waals surface area contributed by atoms with Gasteiger partial charge in [-0.05, 0) is 24.1 Å². The molecule has 1 unspecified atom stereocenters. The number of rotatable bonds is 3. The van der Waals surface area contributed by atoms with Crippen molar-refractivity contribution in [2.45, 2.75) is 19.9 Å². The van der Waals surface area contributed by atoms with Crippen LogP contribution in [0.25, 0.3) is 11.3 Å². The zero-order valence-corrected chi connectivity index (χ0v) is 11.7. The summed E-state index contributed by atoms with van der Waals surface area (Å²) >= 11 is 12.0. The van der Waals surface area contributed by atoms with Gasteiger partial charge in [0.25, 0.3) is 0 Å². The van der Waals surface area contributed by atoms with Crippen LogP contribution in [-0.2, 0) is 0 Å². The van der Waals surface area contributed by atoms with Crippen LogP contribution in [0.1, 0.15) is 25.6 Å². The average molecular weight is 285 g/mol. The third kappa shape index (κ3) is 2.69. The number of nitrogens with two attached hydrogens (primary N) is 1. The average Bonchev–Trinajstić information content (AvgIpc) is 2.77. The van der Waals surface area contributed by atoms with E-state index in [2.05, 4.69) is 5.16 Å². The van der Waals surface area contributed by atoms with E-state index in [0.717, 1.165) is 5.56 Å². The molecule has 0 saturated carbocycles. The van der Waals surface area contributed by atoms with Crippen LogP contribution >= 0.6 is 23.2 Å². The quantitative estimate of drug-likeness (QED) is 0.914. The molecule has 0 radical (unpaired) electrons. The number of nitrogens with zero attached hydrogens (tertiary/aromatic N) is 1. The maximum atomic E-state index is 6.12. The van der Waals surface area contributed by atoms with Crippen molar-refractivity contribution in [3.05, 3.63) is 40.1 Å². The molecule has 0 aliphatic rings. The summed E-state index contributed by atoms with van der Waals surface area (Å²) in [7, 11) is 0. The Kier molecular flexibility index (Phi) is 3.95. The van der Waals surface area contributed by atoms with Gasteiger partial charge in [0, 0.05) is 16.7 Å². The second-order valence-corrected chi connectivity index (χ2v) is 5.35. The van der Waals surface area contributed by atoms with Crippen LogP contribution in [0.15, 0.2) is 28.8 Å². The molecule has 2 N–H and O–H groups in total. The number of hydrogen-bond acceptors (Lipinski definition) is 3. The topological polar surface area (TPSA) is 52.0 Å². The van der Waals surface area contributed by atoms with Gasteiger partial charge in [-0.3, -0.25) is 0 Å². The fourth-order valence-electron chi connectivity index (χ4n) is 1.60. The predicted molar refractivity (Wildman–Crippen MR) is 73.7 cm³/mol. The van der Waals surface area contributed by atoms with E-state index in [-0.39, 0.29) is 12.0 Å². The van der Waals surface area contributed by atoms with Crippen LogP contribution < -0.4 is 5.73 Å². The van der Waals surface area contributed by atoms with Crippen molar-refractivity contribution in [3.8, 4) is 11.3 Å². The first-order valence-corrected chi connectivity index (χ1v) is 6.42. The highest BCUT2D eigenvalue weighted by Gasteiger charge is 2.17. The summed E-state index contributed by atoms with van der Waals surface area (Å²) in [4.78, 5) is 0. The summed E-state index contributed by atoms with van der Waals surface area (Å²) in [5, 5.41) is 5.13. The van der Waals surface area contributed by atoms with Crippen LogP contribution in [0.3, 0.4) is 0 Å². The molecule has 1 atom stereocenters. The van der Waals surface area contributed by atoms with Crippen molar-refractivity contribution in [2.75, 3.05) is 0 Å². The largest absolute Gasteiger partial charge is 0.359 e. The van der Waals surface area contributed by atoms with Crippen LogP contribution in [0, 0.1) is 5.92 Å². The van der Waals surface area contributed by atoms with E-state index in [1.54, 1.807) is 12.1 Å². The highest BCUT2D eigenvalue weighted by atomic mass is 35.5. The zero-order valence-electron chi connectivity index (χ0n) is 10.2. The lowest BCUT2D eigenvalue weighted by Crippen LogP contribution is -2.15. The summed E-state index contributed by atoms with van der Waals surface area (Å²) in [5.41, 5.74) is 7.46. The molecule has 0 spiro atoms. The van der Waals surface area contributed by atoms with Gasteiger partial charge in [-0.15, -0.1) is 0 Å². The van der Waals surface area contributed by atoms with E-state index >= 15 is 0 Å². The van der Waals surface area contributed by atoms with E-state index in [1.807, 2.05) is 26.0 Å². The number of benzene rings is 1. The smallest absolute Gasteiger partial charge is 0.154 e. The third-order valence-corrected chi connectivity index (χ3v) is 3.33. The summed E-state index contributed by atoms with van der Waals surface area (Å²) in [5.74, 6) is 0.942. The Morgan fingerprint density at radius 1 is 1.22 bits per heavy atom. The molecule has 18 heavy (non-hydrogen) atoms. The van der Waals surface area contributed by atoms with Gasteiger partial charge < -0.3 is 10.3 Å². The number of hydrogen-bond donors (Lipinski definition) is 1. The fourth-order valence-corrected chi connectivity index (χ4v) is 2.10. The fraction of sp³-hybridized carbons (Fsp3) is 0.308. The Morgan fingerprint density at radius 2 is 1.94 bits per heavy atom. The Hall–Kier alpha value is -1.03. The molecule has 1 aromatic heterocycles. The molecule has 5 heteroatoms. The van der Waals surface area contributed by atoms with Gasteiger partial charge in [0.2, 0.25) is 0 Å². The Bertz CT molecular complexity index is 552. The molecular weight excluding hydrogens is 271 g/mol. The van der Waals surface area contributed by atoms with Crippen molar-refractivity contribution in [3.63, 3.8) is 0 Å². The SMILES string of the molecule is CC(C)C(N)c1cc(-c2ccc(Cl)cc2Cl)no1. The maximum absolute atomic E-state index is 6.12. The summed E-state index contributed by atoms with van der Waals surface area (Å²) in [6, 6.07) is 6.90. The minimum absolute atomic E-state index is 0.169. The van der Waals surface area contributed by atoms with Crippen molar-refractivity contribution in [1.82, 2.24) is 5.16 Å². The monoisotopic (exact) mass is 284 g/mol. The van der Waals surface area contributed by atoms with Crippen molar-refractivity contribution >= 4 is 23.2 Å². The first kappa shape index (κ1) is 13.4. The lowest BCUT2D eigenvalue weighted by molar-refractivity contribution is 0.333. The summed E-state index contributed by atoms with van der Waals surface area (Å²) in [6.07, 6.45) is 0. The van der Waals surface area contributed by atoms with Crippen molar-refractivity contribution in [1.29, 1.82) is 0 Å². The molecule has 1 aromatic carbocycles. The van der Waals surface area contributed by atoms with E-state index in [1.165, 1.54) is 0 Å². The maximum Gasteiger partial charge on any atom is 0.154 e. The molecule has 2 aromatic rings. The van der Waals surface area contributed by atoms with E-state index in [9.17, 15) is 0 Å². The lowest BCUT2D eigenvalue weighted by Gasteiger charge is -2.10. The highest BCUT2D eigenvalue weighted by Crippen LogP contribution is 2.31. The van der Waals surface area contributed by atoms with Crippen LogP contribution in [0.2, 0.25) is 10.0 Å². The Balaban J connectivity index is 2.35. The van der Waals surface area contributed by atoms with E-state index in [0.29, 0.717) is 21.5 Å². The summed E-state index contributed by atoms with van der Waals surface area (Å²) < 4.78 is 5.26. The van der Waals surface area contributed by atoms with Gasteiger partial charge in [-0.25, -0.2) is 0 Å². The Morgan fingerprint density at radius 3 is 2.56 bits per heavy atom. The first-order chi connectivity index (χ1) is 8.49. The molecule has 0 amide bonds. The predicted octanol–water partition coefficient (Wildman–Crippen LogP) is 4.30. The van der Waals surface area contributed by atoms with Gasteiger partial charge in [-0.2, -0.15) is 0 Å². The number of halogens is 2. The molecule has 0 aliphatic heterocycles. The van der Waals surface area contributed by atoms with Crippen LogP contribution in [0.4, 0.5) is 0 Å². The van der Waals surface area contributed by atoms with E-state index in [4.69, 9.17) is 33.5 Å². The number of aromatic nitrogens is 1. The Labute approximate surface area is 116 Å². The van der Waals surface area contributed by atoms with Gasteiger partial charge in [0.05, 0.1) is 11.1 Å². The summed E-state index contributed by atoms with van der Waals surface area (Å²) in [6.45, 7) is 4.06. The second-order valence-electron chi connectivity index (χ2n) is 4.51. The normalized spacial score (nSPS) is 13.0. The van der Waals surface area contributed by atoms with Crippen molar-refractivity contribution in [2.24, 2.45) is 11.7 Å². The molecule has 0 fully saturated rings. The molecular formula is C13H14Cl2N2O. The molecule has 3 nitrogen and oxygen atoms in total. The molecule has 2 rings (SSSR count). The molecule has 1 heterocycles. The molecule has 0 bridgehead atoms. The molecule has 96 valence electrons. The van der Waals surface area contributed by atoms with Crippen LogP contribution in [0.5, 0.6) is 0 Å². The minimum atomic E-state index is -0.169. The standard InChI is InChI=1S/C13H14Cl2N2O/c1-7(2)13(16)12-6-11(17-18-12)9-4-3-8(14)5-10(9)15/h3-7,13H,16H2,1-2H3. The van der Waals surface area contributed by atoms with Crippen LogP contribution in [-0.4, -0.2) is 5.16 Å². The van der Waals surface area contributed by atoms with Gasteiger partial charge in [0.15, 0.2) is 5.76 Å². The molecule has 0 aliphatic carbocycles. The first-order valence-electron chi connectivity index (χ1n) is 5.66. The van der Waals surface area contributed by atoms with Gasteiger partial charge in [-0.1, -0.05) is 42.2 Å². The highest BCUT2D eigenvalue weighted by molar-refractivity contribution is 6.36. The van der Waals surface area contributed by atoms with E-state index < -0.39 is 0 Å². The minimum Gasteiger partial charge on any atom is -0.359 e. The van der Waals surface area contributed by atoms with Gasteiger partial charge in [0.1, 0.15) is 5.69 Å². The van der Waals surface area contributed by atoms with Gasteiger partial charge >= 0.3 is 0 Å². The third-order valence-electron chi connectivity index (χ3n) is 2.78. The van der Waals surface area contributed by atoms with Crippen molar-refractivity contribution < 1.29 is 4.52 Å². The molecule has 0 saturated heterocycles.